The molecule has 0 aromatic carbocycles. The van der Waals surface area contributed by atoms with Crippen molar-refractivity contribution in [2.24, 2.45) is 0 Å². The van der Waals surface area contributed by atoms with Crippen LogP contribution in [0.3, 0.4) is 0 Å². The summed E-state index contributed by atoms with van der Waals surface area (Å²) in [5.41, 5.74) is 0. The first-order valence-corrected chi connectivity index (χ1v) is 14.3. The van der Waals surface area contributed by atoms with Crippen LogP contribution in [0, 0.1) is 11.8 Å². The molecule has 0 spiro atoms. The number of rotatable bonds is 19. The van der Waals surface area contributed by atoms with Crippen molar-refractivity contribution in [2.45, 2.75) is 92.6 Å². The van der Waals surface area contributed by atoms with E-state index in [1.807, 2.05) is 21.1 Å². The molecule has 0 bridgehead atoms. The van der Waals surface area contributed by atoms with Gasteiger partial charge >= 0.3 is 55.5 Å². The first kappa shape index (κ1) is 44.4. The van der Waals surface area contributed by atoms with Gasteiger partial charge in [-0.2, -0.15) is 74.6 Å². The molecule has 0 aliphatic carbocycles. The summed E-state index contributed by atoms with van der Waals surface area (Å²) in [5.74, 6) is -55.7. The van der Waals surface area contributed by atoms with Gasteiger partial charge in [-0.1, -0.05) is 31.6 Å². The fourth-order valence-electron chi connectivity index (χ4n) is 3.09. The van der Waals surface area contributed by atoms with E-state index in [2.05, 4.69) is 0 Å². The SMILES string of the molecule is C[N+](C)(C)CCOP(=O)(O)OCCCCCCCCC#CC(F)(F)C(F)(F)C(F)(F)C(F)(F)C(F)(F)C(F)(F)C(F)(F)C(F)(F)F. The molecular weight excluding hydrogens is 708 g/mol. The van der Waals surface area contributed by atoms with Gasteiger partial charge in [0.15, 0.2) is 0 Å². The first-order valence-electron chi connectivity index (χ1n) is 12.8. The largest absolute Gasteiger partial charge is 0.472 e. The van der Waals surface area contributed by atoms with Gasteiger partial charge in [0.25, 0.3) is 0 Å². The number of phosphoric acid groups is 1. The third-order valence-electron chi connectivity index (χ3n) is 5.93. The van der Waals surface area contributed by atoms with Crippen molar-refractivity contribution in [1.29, 1.82) is 0 Å². The summed E-state index contributed by atoms with van der Waals surface area (Å²) in [4.78, 5) is 9.53. The quantitative estimate of drug-likeness (QED) is 0.0475. The Morgan fingerprint density at radius 2 is 0.935 bits per heavy atom. The molecule has 5 nitrogen and oxygen atoms in total. The minimum absolute atomic E-state index is 0.0691. The minimum Gasteiger partial charge on any atom is -0.329 e. The summed E-state index contributed by atoms with van der Waals surface area (Å²) in [7, 11) is 1.13. The highest BCUT2D eigenvalue weighted by molar-refractivity contribution is 7.47. The first-order chi connectivity index (χ1) is 20.2. The number of hydrogen-bond acceptors (Lipinski definition) is 3. The second-order valence-corrected chi connectivity index (χ2v) is 12.3. The number of unbranched alkanes of at least 4 members (excludes halogenated alkanes) is 6. The van der Waals surface area contributed by atoms with E-state index in [-0.39, 0.29) is 38.4 Å². The average Bonchev–Trinajstić information content (AvgIpc) is 2.84. The number of quaternary nitrogens is 1. The van der Waals surface area contributed by atoms with Gasteiger partial charge in [0.05, 0.1) is 27.7 Å². The van der Waals surface area contributed by atoms with Gasteiger partial charge in [0.2, 0.25) is 0 Å². The number of halogens is 17. The van der Waals surface area contributed by atoms with Gasteiger partial charge in [-0.25, -0.2) is 4.57 Å². The lowest BCUT2D eigenvalue weighted by atomic mass is 9.89. The molecule has 274 valence electrons. The van der Waals surface area contributed by atoms with Crippen LogP contribution >= 0.6 is 7.82 Å². The molecule has 0 saturated heterocycles. The molecule has 0 amide bonds. The van der Waals surface area contributed by atoms with Crippen molar-refractivity contribution in [1.82, 2.24) is 0 Å². The Morgan fingerprint density at radius 1 is 0.565 bits per heavy atom. The van der Waals surface area contributed by atoms with Crippen LogP contribution in [-0.2, 0) is 13.6 Å². The van der Waals surface area contributed by atoms with Gasteiger partial charge in [-0.3, -0.25) is 9.05 Å². The lowest BCUT2D eigenvalue weighted by Gasteiger charge is -2.42. The molecule has 0 aromatic rings. The fourth-order valence-corrected chi connectivity index (χ4v) is 3.83. The van der Waals surface area contributed by atoms with Gasteiger partial charge in [0, 0.05) is 6.42 Å². The Balaban J connectivity index is 5.14. The Bertz CT molecular complexity index is 1090. The topological polar surface area (TPSA) is 55.8 Å². The summed E-state index contributed by atoms with van der Waals surface area (Å²) in [6.45, 7) is 0.143. The summed E-state index contributed by atoms with van der Waals surface area (Å²) < 4.78 is 247. The van der Waals surface area contributed by atoms with Crippen molar-refractivity contribution in [2.75, 3.05) is 40.9 Å². The molecule has 0 heterocycles. The maximum Gasteiger partial charge on any atom is 0.472 e. The highest BCUT2D eigenvalue weighted by atomic mass is 31.2. The van der Waals surface area contributed by atoms with E-state index in [0.717, 1.165) is 0 Å². The van der Waals surface area contributed by atoms with Crippen LogP contribution in [0.25, 0.3) is 0 Å². The summed E-state index contributed by atoms with van der Waals surface area (Å²) in [6.07, 6.45) is -7.42. The third kappa shape index (κ3) is 9.98. The smallest absolute Gasteiger partial charge is 0.329 e. The molecular formula is C23H30F17NO4P+. The molecule has 1 atom stereocenters. The average molecular weight is 738 g/mol. The molecule has 1 N–H and O–H groups in total. The lowest BCUT2D eigenvalue weighted by molar-refractivity contribution is -0.870. The Morgan fingerprint density at radius 3 is 1.37 bits per heavy atom. The van der Waals surface area contributed by atoms with Crippen LogP contribution in [0.2, 0.25) is 0 Å². The Hall–Kier alpha value is -1.56. The second kappa shape index (κ2) is 14.9. The third-order valence-corrected chi connectivity index (χ3v) is 6.95. The van der Waals surface area contributed by atoms with Crippen LogP contribution in [0.15, 0.2) is 0 Å². The number of alkyl halides is 17. The maximum atomic E-state index is 13.8. The number of hydrogen-bond donors (Lipinski definition) is 1. The van der Waals surface area contributed by atoms with E-state index < -0.39 is 61.9 Å². The zero-order valence-electron chi connectivity index (χ0n) is 24.1. The van der Waals surface area contributed by atoms with E-state index in [9.17, 15) is 84.1 Å². The van der Waals surface area contributed by atoms with E-state index in [4.69, 9.17) is 9.05 Å². The van der Waals surface area contributed by atoms with Crippen LogP contribution in [0.1, 0.15) is 44.9 Å². The van der Waals surface area contributed by atoms with Crippen molar-refractivity contribution in [3.8, 4) is 11.8 Å². The van der Waals surface area contributed by atoms with Crippen molar-refractivity contribution >= 4 is 7.82 Å². The standard InChI is InChI=1S/C23H29F17NO4P/c1-41(2,3)13-15-45-46(42,43)44-14-11-9-7-5-4-6-8-10-12-16(24,25)17(26,27)18(28,29)19(30,31)20(32,33)21(34,35)22(36,37)23(38,39)40/h4-9,11,13-15H2,1-3H3/p+1. The predicted octanol–water partition coefficient (Wildman–Crippen LogP) is 8.57. The van der Waals surface area contributed by atoms with E-state index >= 15 is 0 Å². The molecule has 46 heavy (non-hydrogen) atoms. The molecule has 0 aliphatic rings. The molecule has 0 saturated carbocycles. The van der Waals surface area contributed by atoms with Crippen LogP contribution in [0.5, 0.6) is 0 Å². The Labute approximate surface area is 251 Å². The number of nitrogens with zero attached hydrogens (tertiary/aromatic N) is 1. The molecule has 0 aromatic heterocycles. The second-order valence-electron chi connectivity index (χ2n) is 10.8. The molecule has 1 unspecified atom stereocenters. The number of phosphoric ester groups is 1. The van der Waals surface area contributed by atoms with Crippen LogP contribution < -0.4 is 0 Å². The summed E-state index contributed by atoms with van der Waals surface area (Å²) in [5, 5.41) is 0. The lowest BCUT2D eigenvalue weighted by Crippen LogP contribution is -2.74. The van der Waals surface area contributed by atoms with E-state index in [1.165, 1.54) is 5.92 Å². The normalized spacial score (nSPS) is 16.2. The predicted molar refractivity (Wildman–Crippen MR) is 125 cm³/mol. The minimum atomic E-state index is -8.67. The molecule has 0 rings (SSSR count). The van der Waals surface area contributed by atoms with Crippen LogP contribution in [0.4, 0.5) is 74.6 Å². The summed E-state index contributed by atoms with van der Waals surface area (Å²) >= 11 is 0. The van der Waals surface area contributed by atoms with Crippen molar-refractivity contribution < 1.29 is 97.6 Å². The zero-order valence-corrected chi connectivity index (χ0v) is 25.0. The highest BCUT2D eigenvalue weighted by Gasteiger charge is 2.95. The Kier molecular flexibility index (Phi) is 14.4. The van der Waals surface area contributed by atoms with Crippen molar-refractivity contribution in [3.05, 3.63) is 0 Å². The highest BCUT2D eigenvalue weighted by Crippen LogP contribution is 2.63. The van der Waals surface area contributed by atoms with Crippen molar-refractivity contribution in [3.63, 3.8) is 0 Å². The summed E-state index contributed by atoms with van der Waals surface area (Å²) in [6, 6.07) is 0. The molecule has 0 fully saturated rings. The monoisotopic (exact) mass is 738 g/mol. The van der Waals surface area contributed by atoms with E-state index in [0.29, 0.717) is 30.3 Å². The molecule has 23 heteroatoms. The van der Waals surface area contributed by atoms with Crippen LogP contribution in [-0.4, -0.2) is 97.9 Å². The van der Waals surface area contributed by atoms with Gasteiger partial charge in [-0.05, 0) is 18.8 Å². The van der Waals surface area contributed by atoms with Gasteiger partial charge in [-0.15, -0.1) is 0 Å². The molecule has 0 radical (unpaired) electrons. The fraction of sp³-hybridized carbons (Fsp3) is 0.913. The maximum absolute atomic E-state index is 13.8. The number of likely N-dealkylation sites (N-methyl/N-ethyl adjacent to an activating group) is 1. The van der Waals surface area contributed by atoms with E-state index in [1.54, 1.807) is 0 Å². The zero-order chi connectivity index (χ0) is 36.9. The van der Waals surface area contributed by atoms with Gasteiger partial charge in [0.1, 0.15) is 13.2 Å². The molecule has 0 aliphatic heterocycles. The van der Waals surface area contributed by atoms with Gasteiger partial charge < -0.3 is 9.38 Å².